The van der Waals surface area contributed by atoms with Gasteiger partial charge in [-0.2, -0.15) is 0 Å². The fourth-order valence-electron chi connectivity index (χ4n) is 2.07. The quantitative estimate of drug-likeness (QED) is 0.627. The molecule has 0 saturated heterocycles. The number of nitrogens with zero attached hydrogens (tertiary/aromatic N) is 2. The van der Waals surface area contributed by atoms with Gasteiger partial charge in [-0.05, 0) is 23.9 Å². The Morgan fingerprint density at radius 3 is 2.87 bits per heavy atom. The molecule has 0 aliphatic rings. The van der Waals surface area contributed by atoms with Gasteiger partial charge in [-0.3, -0.25) is 0 Å². The van der Waals surface area contributed by atoms with Crippen molar-refractivity contribution in [1.82, 2.24) is 14.7 Å². The molecule has 0 unspecified atom stereocenters. The minimum Gasteiger partial charge on any atom is -0.368 e. The van der Waals surface area contributed by atoms with Crippen molar-refractivity contribution in [3.05, 3.63) is 34.8 Å². The molecule has 0 saturated carbocycles. The number of aryl methyl sites for hydroxylation is 1. The summed E-state index contributed by atoms with van der Waals surface area (Å²) in [7, 11) is -3.42. The maximum absolute atomic E-state index is 12.0. The molecule has 0 aromatic carbocycles. The van der Waals surface area contributed by atoms with Crippen LogP contribution < -0.4 is 10.0 Å². The molecular formula is C14H16N4O2S3. The molecule has 9 heteroatoms. The first-order valence-electron chi connectivity index (χ1n) is 7.10. The SMILES string of the molecule is CCc1cc2c(NCCNS(=O)(=O)c3cccs3)ncnc2s1. The molecular weight excluding hydrogens is 352 g/mol. The maximum Gasteiger partial charge on any atom is 0.250 e. The van der Waals surface area contributed by atoms with Crippen molar-refractivity contribution in [1.29, 1.82) is 0 Å². The van der Waals surface area contributed by atoms with Gasteiger partial charge in [0.2, 0.25) is 10.0 Å². The Morgan fingerprint density at radius 1 is 1.26 bits per heavy atom. The normalized spacial score (nSPS) is 11.9. The van der Waals surface area contributed by atoms with E-state index in [1.165, 1.54) is 22.5 Å². The van der Waals surface area contributed by atoms with E-state index >= 15 is 0 Å². The lowest BCUT2D eigenvalue weighted by Crippen LogP contribution is -2.28. The highest BCUT2D eigenvalue weighted by Crippen LogP contribution is 2.28. The van der Waals surface area contributed by atoms with Crippen LogP contribution >= 0.6 is 22.7 Å². The molecule has 6 nitrogen and oxygen atoms in total. The Bertz CT molecular complexity index is 888. The van der Waals surface area contributed by atoms with E-state index in [0.29, 0.717) is 10.8 Å². The van der Waals surface area contributed by atoms with Gasteiger partial charge < -0.3 is 5.32 Å². The van der Waals surface area contributed by atoms with Crippen LogP contribution in [-0.4, -0.2) is 31.5 Å². The lowest BCUT2D eigenvalue weighted by molar-refractivity contribution is 0.585. The van der Waals surface area contributed by atoms with Crippen molar-refractivity contribution in [3.8, 4) is 0 Å². The lowest BCUT2D eigenvalue weighted by atomic mass is 10.3. The summed E-state index contributed by atoms with van der Waals surface area (Å²) in [5.41, 5.74) is 0. The molecule has 23 heavy (non-hydrogen) atoms. The molecule has 122 valence electrons. The van der Waals surface area contributed by atoms with Gasteiger partial charge in [0, 0.05) is 18.0 Å². The van der Waals surface area contributed by atoms with Crippen LogP contribution in [0.25, 0.3) is 10.2 Å². The zero-order valence-electron chi connectivity index (χ0n) is 12.4. The molecule has 0 aliphatic carbocycles. The molecule has 3 heterocycles. The molecule has 0 spiro atoms. The van der Waals surface area contributed by atoms with E-state index in [2.05, 4.69) is 33.0 Å². The zero-order chi connectivity index (χ0) is 16.3. The van der Waals surface area contributed by atoms with E-state index in [0.717, 1.165) is 22.5 Å². The largest absolute Gasteiger partial charge is 0.368 e. The number of fused-ring (bicyclic) bond motifs is 1. The van der Waals surface area contributed by atoms with Gasteiger partial charge in [-0.1, -0.05) is 13.0 Å². The third-order valence-corrected chi connectivity index (χ3v) is 7.24. The Morgan fingerprint density at radius 2 is 2.13 bits per heavy atom. The number of thiophene rings is 2. The van der Waals surface area contributed by atoms with Crippen LogP contribution in [0.2, 0.25) is 0 Å². The number of anilines is 1. The summed E-state index contributed by atoms with van der Waals surface area (Å²) in [5, 5.41) is 5.90. The summed E-state index contributed by atoms with van der Waals surface area (Å²) in [6.45, 7) is 2.84. The van der Waals surface area contributed by atoms with Crippen LogP contribution in [0.15, 0.2) is 34.1 Å². The summed E-state index contributed by atoms with van der Waals surface area (Å²) in [5.74, 6) is 0.737. The molecule has 0 radical (unpaired) electrons. The van der Waals surface area contributed by atoms with Crippen molar-refractivity contribution in [3.63, 3.8) is 0 Å². The van der Waals surface area contributed by atoms with Crippen LogP contribution in [-0.2, 0) is 16.4 Å². The Labute approximate surface area is 142 Å². The third-order valence-electron chi connectivity index (χ3n) is 3.20. The van der Waals surface area contributed by atoms with E-state index < -0.39 is 10.0 Å². The molecule has 3 rings (SSSR count). The highest BCUT2D eigenvalue weighted by Gasteiger charge is 2.14. The van der Waals surface area contributed by atoms with E-state index in [-0.39, 0.29) is 6.54 Å². The van der Waals surface area contributed by atoms with E-state index in [9.17, 15) is 8.42 Å². The van der Waals surface area contributed by atoms with E-state index in [1.54, 1.807) is 28.8 Å². The van der Waals surface area contributed by atoms with Gasteiger partial charge >= 0.3 is 0 Å². The van der Waals surface area contributed by atoms with Crippen LogP contribution in [0.1, 0.15) is 11.8 Å². The highest BCUT2D eigenvalue weighted by atomic mass is 32.2. The topological polar surface area (TPSA) is 84.0 Å². The number of nitrogens with one attached hydrogen (secondary N) is 2. The molecule has 3 aromatic rings. The predicted molar refractivity (Wildman–Crippen MR) is 94.8 cm³/mol. The number of rotatable bonds is 7. The van der Waals surface area contributed by atoms with Crippen LogP contribution in [0.4, 0.5) is 5.82 Å². The maximum atomic E-state index is 12.0. The first kappa shape index (κ1) is 16.3. The molecule has 3 aromatic heterocycles. The second-order valence-corrected chi connectivity index (χ2v) is 8.82. The highest BCUT2D eigenvalue weighted by molar-refractivity contribution is 7.91. The smallest absolute Gasteiger partial charge is 0.250 e. The standard InChI is InChI=1S/C14H16N4O2S3/c1-2-10-8-11-13(16-9-17-14(11)22-10)15-5-6-18-23(19,20)12-4-3-7-21-12/h3-4,7-9,18H,2,5-6H2,1H3,(H,15,16,17). The van der Waals surface area contributed by atoms with Gasteiger partial charge in [-0.25, -0.2) is 23.1 Å². The van der Waals surface area contributed by atoms with Gasteiger partial charge in [0.15, 0.2) is 0 Å². The molecule has 0 aliphatic heterocycles. The molecule has 0 amide bonds. The number of sulfonamides is 1. The first-order valence-corrected chi connectivity index (χ1v) is 10.3. The monoisotopic (exact) mass is 368 g/mol. The molecule has 0 atom stereocenters. The van der Waals surface area contributed by atoms with Gasteiger partial charge in [0.25, 0.3) is 0 Å². The Hall–Kier alpha value is -1.55. The van der Waals surface area contributed by atoms with Crippen molar-refractivity contribution < 1.29 is 8.42 Å². The van der Waals surface area contributed by atoms with Crippen molar-refractivity contribution in [2.24, 2.45) is 0 Å². The average molecular weight is 369 g/mol. The fourth-order valence-corrected chi connectivity index (χ4v) is 5.08. The fraction of sp³-hybridized carbons (Fsp3) is 0.286. The van der Waals surface area contributed by atoms with Crippen LogP contribution in [0.3, 0.4) is 0 Å². The molecule has 0 bridgehead atoms. The van der Waals surface area contributed by atoms with Crippen molar-refractivity contribution >= 4 is 48.7 Å². The number of hydrogen-bond acceptors (Lipinski definition) is 7. The summed E-state index contributed by atoms with van der Waals surface area (Å²) in [4.78, 5) is 10.7. The molecule has 0 fully saturated rings. The second kappa shape index (κ2) is 6.91. The van der Waals surface area contributed by atoms with Crippen LogP contribution in [0, 0.1) is 0 Å². The predicted octanol–water partition coefficient (Wildman–Crippen LogP) is 2.71. The number of aromatic nitrogens is 2. The third kappa shape index (κ3) is 3.69. The van der Waals surface area contributed by atoms with Crippen molar-refractivity contribution in [2.45, 2.75) is 17.6 Å². The first-order chi connectivity index (χ1) is 11.1. The van der Waals surface area contributed by atoms with E-state index in [4.69, 9.17) is 0 Å². The Kier molecular flexibility index (Phi) is 4.90. The summed E-state index contributed by atoms with van der Waals surface area (Å²) < 4.78 is 26.9. The summed E-state index contributed by atoms with van der Waals surface area (Å²) >= 11 is 2.85. The minimum absolute atomic E-state index is 0.288. The van der Waals surface area contributed by atoms with Crippen LogP contribution in [0.5, 0.6) is 0 Å². The average Bonchev–Trinajstić information content (AvgIpc) is 3.20. The van der Waals surface area contributed by atoms with E-state index in [1.807, 2.05) is 0 Å². The Balaban J connectivity index is 1.62. The van der Waals surface area contributed by atoms with Crippen molar-refractivity contribution in [2.75, 3.05) is 18.4 Å². The number of hydrogen-bond donors (Lipinski definition) is 2. The molecule has 2 N–H and O–H groups in total. The summed E-state index contributed by atoms with van der Waals surface area (Å²) in [6, 6.07) is 5.39. The van der Waals surface area contributed by atoms with Gasteiger partial charge in [0.1, 0.15) is 21.2 Å². The lowest BCUT2D eigenvalue weighted by Gasteiger charge is -2.07. The van der Waals surface area contributed by atoms with Gasteiger partial charge in [-0.15, -0.1) is 22.7 Å². The van der Waals surface area contributed by atoms with Gasteiger partial charge in [0.05, 0.1) is 5.39 Å². The second-order valence-electron chi connectivity index (χ2n) is 4.76. The minimum atomic E-state index is -3.42. The summed E-state index contributed by atoms with van der Waals surface area (Å²) in [6.07, 6.45) is 2.48. The zero-order valence-corrected chi connectivity index (χ0v) is 14.9.